The zero-order valence-electron chi connectivity index (χ0n) is 17.7. The molecule has 1 saturated heterocycles. The highest BCUT2D eigenvalue weighted by Gasteiger charge is 2.32. The van der Waals surface area contributed by atoms with Gasteiger partial charge >= 0.3 is 5.97 Å². The maximum absolute atomic E-state index is 11.3. The second-order valence-electron chi connectivity index (χ2n) is 7.41. The van der Waals surface area contributed by atoms with Crippen LogP contribution >= 0.6 is 0 Å². The summed E-state index contributed by atoms with van der Waals surface area (Å²) >= 11 is 0. The van der Waals surface area contributed by atoms with Crippen LogP contribution in [0.4, 0.5) is 0 Å². The van der Waals surface area contributed by atoms with Crippen LogP contribution in [0.1, 0.15) is 55.7 Å². The van der Waals surface area contributed by atoms with Gasteiger partial charge in [0.2, 0.25) is 0 Å². The molecule has 0 saturated carbocycles. The molecule has 30 heavy (non-hydrogen) atoms. The summed E-state index contributed by atoms with van der Waals surface area (Å²) in [6, 6.07) is 16.4. The largest absolute Gasteiger partial charge is 0.494 e. The summed E-state index contributed by atoms with van der Waals surface area (Å²) in [5.74, 6) is 7.09. The summed E-state index contributed by atoms with van der Waals surface area (Å²) in [6.45, 7) is 3.68. The van der Waals surface area contributed by atoms with Gasteiger partial charge in [0.15, 0.2) is 6.10 Å². The zero-order chi connectivity index (χ0) is 21.0. The molecule has 4 heteroatoms. The summed E-state index contributed by atoms with van der Waals surface area (Å²) < 4.78 is 15.5. The first kappa shape index (κ1) is 21.9. The Bertz CT molecular complexity index is 839. The standard InChI is InChI=1S/C26H30O4/c1-2-28-24-17-15-23(16-18-24)14-13-22-11-9-21(10-12-22)8-6-4-3-5-7-19-29-26(27)25-20-30-25/h9-12,15-18,25H,2-8,19-20H2,1H3. The Labute approximate surface area is 179 Å². The van der Waals surface area contributed by atoms with Gasteiger partial charge in [-0.3, -0.25) is 0 Å². The number of hydrogen-bond acceptors (Lipinski definition) is 4. The average molecular weight is 407 g/mol. The molecule has 1 atom stereocenters. The van der Waals surface area contributed by atoms with Crippen molar-refractivity contribution in [2.75, 3.05) is 19.8 Å². The van der Waals surface area contributed by atoms with Crippen LogP contribution in [0, 0.1) is 11.8 Å². The maximum Gasteiger partial charge on any atom is 0.337 e. The first-order chi connectivity index (χ1) is 14.7. The molecule has 1 aliphatic heterocycles. The first-order valence-corrected chi connectivity index (χ1v) is 10.9. The number of aryl methyl sites for hydroxylation is 1. The van der Waals surface area contributed by atoms with E-state index in [1.807, 2.05) is 31.2 Å². The minimum absolute atomic E-state index is 0.206. The number of epoxide rings is 1. The molecule has 0 amide bonds. The normalized spacial score (nSPS) is 14.5. The van der Waals surface area contributed by atoms with E-state index in [9.17, 15) is 4.79 Å². The number of rotatable bonds is 11. The molecule has 158 valence electrons. The summed E-state index contributed by atoms with van der Waals surface area (Å²) in [5, 5.41) is 0. The molecule has 2 aromatic carbocycles. The molecule has 3 rings (SSSR count). The Morgan fingerprint density at radius 2 is 1.53 bits per heavy atom. The predicted octanol–water partition coefficient (Wildman–Crippen LogP) is 4.92. The topological polar surface area (TPSA) is 48.1 Å². The van der Waals surface area contributed by atoms with Crippen molar-refractivity contribution < 1.29 is 19.0 Å². The van der Waals surface area contributed by atoms with E-state index < -0.39 is 0 Å². The van der Waals surface area contributed by atoms with E-state index in [2.05, 4.69) is 36.1 Å². The van der Waals surface area contributed by atoms with Gasteiger partial charge in [-0.05, 0) is 68.1 Å². The summed E-state index contributed by atoms with van der Waals surface area (Å²) in [4.78, 5) is 11.3. The molecular formula is C26H30O4. The lowest BCUT2D eigenvalue weighted by Crippen LogP contribution is -2.12. The van der Waals surface area contributed by atoms with Gasteiger partial charge in [0.25, 0.3) is 0 Å². The van der Waals surface area contributed by atoms with E-state index in [0.717, 1.165) is 36.1 Å². The summed E-state index contributed by atoms with van der Waals surface area (Å²) in [6.07, 6.45) is 6.36. The van der Waals surface area contributed by atoms with E-state index in [-0.39, 0.29) is 12.1 Å². The van der Waals surface area contributed by atoms with Crippen LogP contribution in [0.25, 0.3) is 0 Å². The minimum Gasteiger partial charge on any atom is -0.494 e. The number of esters is 1. The van der Waals surface area contributed by atoms with Crippen molar-refractivity contribution in [1.82, 2.24) is 0 Å². The fourth-order valence-corrected chi connectivity index (χ4v) is 3.11. The second kappa shape index (κ2) is 12.0. The molecular weight excluding hydrogens is 376 g/mol. The van der Waals surface area contributed by atoms with Crippen LogP contribution in [0.3, 0.4) is 0 Å². The molecule has 1 heterocycles. The lowest BCUT2D eigenvalue weighted by molar-refractivity contribution is -0.145. The SMILES string of the molecule is CCOc1ccc(C#Cc2ccc(CCCCCCCOC(=O)C3CO3)cc2)cc1. The molecule has 0 N–H and O–H groups in total. The Balaban J connectivity index is 1.29. The number of benzene rings is 2. The molecule has 0 bridgehead atoms. The molecule has 0 radical (unpaired) electrons. The first-order valence-electron chi connectivity index (χ1n) is 10.9. The highest BCUT2D eigenvalue weighted by atomic mass is 16.6. The summed E-state index contributed by atoms with van der Waals surface area (Å²) in [7, 11) is 0. The zero-order valence-corrected chi connectivity index (χ0v) is 17.7. The Morgan fingerprint density at radius 1 is 0.933 bits per heavy atom. The fourth-order valence-electron chi connectivity index (χ4n) is 3.11. The van der Waals surface area contributed by atoms with Crippen molar-refractivity contribution in [3.8, 4) is 17.6 Å². The molecule has 0 aliphatic carbocycles. The monoisotopic (exact) mass is 406 g/mol. The van der Waals surface area contributed by atoms with E-state index in [0.29, 0.717) is 19.8 Å². The number of carbonyl (C=O) groups excluding carboxylic acids is 1. The fraction of sp³-hybridized carbons (Fsp3) is 0.423. The third-order valence-corrected chi connectivity index (χ3v) is 4.92. The maximum atomic E-state index is 11.3. The molecule has 0 aromatic heterocycles. The highest BCUT2D eigenvalue weighted by Crippen LogP contribution is 2.13. The second-order valence-corrected chi connectivity index (χ2v) is 7.41. The lowest BCUT2D eigenvalue weighted by Gasteiger charge is -2.04. The number of ether oxygens (including phenoxy) is 3. The van der Waals surface area contributed by atoms with Crippen molar-refractivity contribution in [1.29, 1.82) is 0 Å². The van der Waals surface area contributed by atoms with E-state index >= 15 is 0 Å². The van der Waals surface area contributed by atoms with Crippen molar-refractivity contribution in [2.24, 2.45) is 0 Å². The number of unbranched alkanes of at least 4 members (excludes halogenated alkanes) is 4. The molecule has 1 aliphatic rings. The van der Waals surface area contributed by atoms with E-state index in [1.165, 1.54) is 24.8 Å². The lowest BCUT2D eigenvalue weighted by atomic mass is 10.0. The van der Waals surface area contributed by atoms with Gasteiger partial charge in [0.1, 0.15) is 5.75 Å². The average Bonchev–Trinajstić information content (AvgIpc) is 3.62. The van der Waals surface area contributed by atoms with Gasteiger partial charge in [-0.1, -0.05) is 43.2 Å². The smallest absolute Gasteiger partial charge is 0.337 e. The van der Waals surface area contributed by atoms with Crippen molar-refractivity contribution in [3.05, 3.63) is 65.2 Å². The van der Waals surface area contributed by atoms with Crippen LogP contribution in [0.5, 0.6) is 5.75 Å². The van der Waals surface area contributed by atoms with Crippen molar-refractivity contribution in [2.45, 2.75) is 51.6 Å². The van der Waals surface area contributed by atoms with Gasteiger partial charge in [0, 0.05) is 11.1 Å². The quantitative estimate of drug-likeness (QED) is 0.230. The van der Waals surface area contributed by atoms with Gasteiger partial charge in [-0.15, -0.1) is 0 Å². The Kier molecular flexibility index (Phi) is 8.80. The molecule has 4 nitrogen and oxygen atoms in total. The van der Waals surface area contributed by atoms with Gasteiger partial charge < -0.3 is 14.2 Å². The summed E-state index contributed by atoms with van der Waals surface area (Å²) in [5.41, 5.74) is 3.36. The van der Waals surface area contributed by atoms with Gasteiger partial charge in [-0.2, -0.15) is 0 Å². The third-order valence-electron chi connectivity index (χ3n) is 4.92. The third kappa shape index (κ3) is 7.93. The molecule has 1 unspecified atom stereocenters. The van der Waals surface area contributed by atoms with Crippen LogP contribution in [-0.4, -0.2) is 31.9 Å². The number of carbonyl (C=O) groups is 1. The molecule has 1 fully saturated rings. The van der Waals surface area contributed by atoms with E-state index in [1.54, 1.807) is 0 Å². The van der Waals surface area contributed by atoms with Crippen LogP contribution in [0.15, 0.2) is 48.5 Å². The van der Waals surface area contributed by atoms with E-state index in [4.69, 9.17) is 14.2 Å². The van der Waals surface area contributed by atoms with Crippen molar-refractivity contribution in [3.63, 3.8) is 0 Å². The molecule has 2 aromatic rings. The highest BCUT2D eigenvalue weighted by molar-refractivity contribution is 5.76. The van der Waals surface area contributed by atoms with Crippen LogP contribution in [-0.2, 0) is 20.7 Å². The number of hydrogen-bond donors (Lipinski definition) is 0. The Hall–Kier alpha value is -2.77. The van der Waals surface area contributed by atoms with Crippen LogP contribution in [0.2, 0.25) is 0 Å². The minimum atomic E-state index is -0.283. The van der Waals surface area contributed by atoms with Crippen molar-refractivity contribution >= 4 is 5.97 Å². The van der Waals surface area contributed by atoms with Crippen LogP contribution < -0.4 is 4.74 Å². The van der Waals surface area contributed by atoms with Gasteiger partial charge in [-0.25, -0.2) is 4.79 Å². The Morgan fingerprint density at radius 3 is 2.17 bits per heavy atom. The molecule has 0 spiro atoms. The predicted molar refractivity (Wildman–Crippen MR) is 118 cm³/mol. The van der Waals surface area contributed by atoms with Gasteiger partial charge in [0.05, 0.1) is 19.8 Å².